The Balaban J connectivity index is 1.77. The van der Waals surface area contributed by atoms with Crippen molar-refractivity contribution >= 4 is 23.1 Å². The monoisotopic (exact) mass is 476 g/mol. The molecule has 0 bridgehead atoms. The van der Waals surface area contributed by atoms with Crippen LogP contribution in [0.4, 0.5) is 9.18 Å². The van der Waals surface area contributed by atoms with E-state index in [1.165, 1.54) is 7.11 Å². The highest BCUT2D eigenvalue weighted by atomic mass is 19.1. The number of carbonyl (C=O) groups is 2. The third-order valence-electron chi connectivity index (χ3n) is 5.55. The van der Waals surface area contributed by atoms with Crippen LogP contribution >= 0.6 is 0 Å². The topological polar surface area (TPSA) is 103 Å². The van der Waals surface area contributed by atoms with Gasteiger partial charge in [-0.25, -0.2) is 14.2 Å². The van der Waals surface area contributed by atoms with E-state index in [0.717, 1.165) is 12.6 Å². The predicted octanol–water partition coefficient (Wildman–Crippen LogP) is 3.27. The summed E-state index contributed by atoms with van der Waals surface area (Å²) in [4.78, 5) is 35.5. The lowest BCUT2D eigenvalue weighted by Gasteiger charge is -2.24. The fraction of sp³-hybridized carbons (Fsp3) is 0.583. The number of alkyl carbamates (subject to hydrolysis) is 1. The number of hydrogen-bond acceptors (Lipinski definition) is 8. The highest BCUT2D eigenvalue weighted by molar-refractivity contribution is 5.87. The van der Waals surface area contributed by atoms with Crippen LogP contribution in [0.15, 0.2) is 18.3 Å². The summed E-state index contributed by atoms with van der Waals surface area (Å²) in [6.07, 6.45) is 1.48. The number of amides is 1. The zero-order valence-corrected chi connectivity index (χ0v) is 20.4. The van der Waals surface area contributed by atoms with Gasteiger partial charge in [-0.1, -0.05) is 0 Å². The van der Waals surface area contributed by atoms with E-state index in [-0.39, 0.29) is 30.1 Å². The number of ether oxygens (including phenoxy) is 3. The van der Waals surface area contributed by atoms with Gasteiger partial charge in [-0.2, -0.15) is 0 Å². The van der Waals surface area contributed by atoms with Crippen LogP contribution in [0.2, 0.25) is 0 Å². The van der Waals surface area contributed by atoms with Gasteiger partial charge in [0.2, 0.25) is 5.88 Å². The number of aromatic nitrogens is 2. The van der Waals surface area contributed by atoms with Gasteiger partial charge in [0.1, 0.15) is 11.4 Å². The van der Waals surface area contributed by atoms with Crippen LogP contribution in [0, 0.1) is 11.7 Å². The van der Waals surface area contributed by atoms with Gasteiger partial charge < -0.3 is 24.4 Å². The summed E-state index contributed by atoms with van der Waals surface area (Å²) < 4.78 is 30.9. The maximum Gasteiger partial charge on any atom is 0.407 e. The second-order valence-electron chi connectivity index (χ2n) is 9.34. The highest BCUT2D eigenvalue weighted by Gasteiger charge is 2.33. The quantitative estimate of drug-likeness (QED) is 0.579. The molecule has 1 amide bonds. The predicted molar refractivity (Wildman–Crippen MR) is 124 cm³/mol. The lowest BCUT2D eigenvalue weighted by Crippen LogP contribution is -2.36. The number of hydrogen-bond donors (Lipinski definition) is 1. The van der Waals surface area contributed by atoms with Gasteiger partial charge in [0.05, 0.1) is 36.9 Å². The van der Waals surface area contributed by atoms with Crippen molar-refractivity contribution in [2.75, 3.05) is 39.9 Å². The smallest absolute Gasteiger partial charge is 0.407 e. The maximum atomic E-state index is 15.1. The summed E-state index contributed by atoms with van der Waals surface area (Å²) in [5.74, 6) is -1.53. The third-order valence-corrected chi connectivity index (χ3v) is 5.55. The van der Waals surface area contributed by atoms with E-state index < -0.39 is 29.4 Å². The first kappa shape index (κ1) is 25.6. The number of methoxy groups -OCH3 is 1. The van der Waals surface area contributed by atoms with E-state index in [1.54, 1.807) is 19.1 Å². The second-order valence-corrected chi connectivity index (χ2v) is 9.34. The molecule has 0 aliphatic carbocycles. The van der Waals surface area contributed by atoms with Crippen molar-refractivity contribution in [1.29, 1.82) is 0 Å². The molecule has 10 heteroatoms. The minimum absolute atomic E-state index is 0.151. The van der Waals surface area contributed by atoms with Crippen LogP contribution in [0.1, 0.15) is 45.6 Å². The molecule has 3 heterocycles. The molecule has 1 unspecified atom stereocenters. The summed E-state index contributed by atoms with van der Waals surface area (Å²) in [5, 5.41) is 2.80. The van der Waals surface area contributed by atoms with Gasteiger partial charge in [-0.05, 0) is 52.6 Å². The molecule has 186 valence electrons. The molecule has 0 radical (unpaired) electrons. The Bertz CT molecular complexity index is 1030. The molecule has 1 N–H and O–H groups in total. The van der Waals surface area contributed by atoms with Crippen molar-refractivity contribution in [1.82, 2.24) is 20.2 Å². The average molecular weight is 477 g/mol. The van der Waals surface area contributed by atoms with Crippen LogP contribution in [-0.2, 0) is 14.3 Å². The molecule has 2 atom stereocenters. The zero-order chi connectivity index (χ0) is 24.9. The minimum atomic E-state index is -0.886. The minimum Gasteiger partial charge on any atom is -0.481 e. The van der Waals surface area contributed by atoms with E-state index in [4.69, 9.17) is 14.2 Å². The summed E-state index contributed by atoms with van der Waals surface area (Å²) in [6, 6.07) is 3.32. The average Bonchev–Trinajstić information content (AvgIpc) is 3.22. The lowest BCUT2D eigenvalue weighted by atomic mass is 9.97. The fourth-order valence-electron chi connectivity index (χ4n) is 4.06. The molecule has 2 aromatic rings. The number of nitrogens with zero attached hydrogens (tertiary/aromatic N) is 3. The Labute approximate surface area is 199 Å². The SMILES string of the molecule is CCOC(=O)C(CN1CC[C@@H](CNC(=O)OC(C)(C)C)C1)c1c(F)cnc2ccc(OC)nc12. The van der Waals surface area contributed by atoms with Crippen molar-refractivity contribution in [3.63, 3.8) is 0 Å². The Morgan fingerprint density at radius 3 is 2.76 bits per heavy atom. The van der Waals surface area contributed by atoms with E-state index >= 15 is 4.39 Å². The van der Waals surface area contributed by atoms with E-state index in [2.05, 4.69) is 20.2 Å². The van der Waals surface area contributed by atoms with Gasteiger partial charge in [0.15, 0.2) is 0 Å². The van der Waals surface area contributed by atoms with E-state index in [0.29, 0.717) is 31.0 Å². The van der Waals surface area contributed by atoms with Crippen molar-refractivity contribution in [2.24, 2.45) is 5.92 Å². The summed E-state index contributed by atoms with van der Waals surface area (Å²) in [7, 11) is 1.47. The Morgan fingerprint density at radius 1 is 1.32 bits per heavy atom. The first-order chi connectivity index (χ1) is 16.1. The number of rotatable bonds is 8. The number of fused-ring (bicyclic) bond motifs is 1. The molecular formula is C24H33FN4O5. The molecule has 0 spiro atoms. The number of nitrogens with one attached hydrogen (secondary N) is 1. The normalized spacial score (nSPS) is 17.4. The molecule has 1 aliphatic rings. The Hall–Kier alpha value is -3.01. The Morgan fingerprint density at radius 2 is 2.09 bits per heavy atom. The van der Waals surface area contributed by atoms with Gasteiger partial charge in [0.25, 0.3) is 0 Å². The summed E-state index contributed by atoms with van der Waals surface area (Å²) in [5.41, 5.74) is 0.331. The van der Waals surface area contributed by atoms with Gasteiger partial charge in [0, 0.05) is 31.3 Å². The number of halogens is 1. The van der Waals surface area contributed by atoms with Gasteiger partial charge in [-0.15, -0.1) is 0 Å². The van der Waals surface area contributed by atoms with Crippen LogP contribution in [-0.4, -0.2) is 72.4 Å². The molecule has 1 fully saturated rings. The molecule has 34 heavy (non-hydrogen) atoms. The molecule has 2 aromatic heterocycles. The van der Waals surface area contributed by atoms with Crippen LogP contribution in [0.3, 0.4) is 0 Å². The molecule has 0 aromatic carbocycles. The standard InChI is InChI=1S/C24H33FN4O5/c1-6-33-22(30)16(20-17(25)12-26-18-7-8-19(32-5)28-21(18)20)14-29-10-9-15(13-29)11-27-23(31)34-24(2,3)4/h7-8,12,15-16H,6,9-11,13-14H2,1-5H3,(H,27,31)/t15-,16?/m0/s1. The molecule has 1 aliphatic heterocycles. The van der Waals surface area contributed by atoms with Crippen molar-refractivity contribution in [3.8, 4) is 5.88 Å². The zero-order valence-electron chi connectivity index (χ0n) is 20.4. The summed E-state index contributed by atoms with van der Waals surface area (Å²) in [6.45, 7) is 9.40. The van der Waals surface area contributed by atoms with Crippen molar-refractivity contribution < 1.29 is 28.2 Å². The largest absolute Gasteiger partial charge is 0.481 e. The number of likely N-dealkylation sites (tertiary alicyclic amines) is 1. The van der Waals surface area contributed by atoms with Crippen molar-refractivity contribution in [2.45, 2.75) is 45.6 Å². The molecule has 9 nitrogen and oxygen atoms in total. The van der Waals surface area contributed by atoms with E-state index in [1.807, 2.05) is 20.8 Å². The maximum absolute atomic E-state index is 15.1. The van der Waals surface area contributed by atoms with Gasteiger partial charge >= 0.3 is 12.1 Å². The van der Waals surface area contributed by atoms with Crippen LogP contribution < -0.4 is 10.1 Å². The fourth-order valence-corrected chi connectivity index (χ4v) is 4.06. The van der Waals surface area contributed by atoms with Crippen molar-refractivity contribution in [3.05, 3.63) is 29.7 Å². The molecule has 3 rings (SSSR count). The first-order valence-electron chi connectivity index (χ1n) is 11.5. The molecule has 1 saturated heterocycles. The van der Waals surface area contributed by atoms with Crippen LogP contribution in [0.25, 0.3) is 11.0 Å². The van der Waals surface area contributed by atoms with E-state index in [9.17, 15) is 9.59 Å². The van der Waals surface area contributed by atoms with Crippen LogP contribution in [0.5, 0.6) is 5.88 Å². The summed E-state index contributed by atoms with van der Waals surface area (Å²) >= 11 is 0. The number of carbonyl (C=O) groups excluding carboxylic acids is 2. The lowest BCUT2D eigenvalue weighted by molar-refractivity contribution is -0.145. The second kappa shape index (κ2) is 10.9. The van der Waals surface area contributed by atoms with Gasteiger partial charge in [-0.3, -0.25) is 9.78 Å². The molecule has 0 saturated carbocycles. The first-order valence-corrected chi connectivity index (χ1v) is 11.5. The molecular weight excluding hydrogens is 443 g/mol. The Kier molecular flexibility index (Phi) is 8.24. The number of pyridine rings is 2. The third kappa shape index (κ3) is 6.53. The highest BCUT2D eigenvalue weighted by Crippen LogP contribution is 2.31. The number of esters is 1.